The van der Waals surface area contributed by atoms with Crippen LogP contribution in [0.4, 0.5) is 32.0 Å². The fourth-order valence-corrected chi connectivity index (χ4v) is 4.50. The van der Waals surface area contributed by atoms with E-state index in [2.05, 4.69) is 10.2 Å². The van der Waals surface area contributed by atoms with Crippen molar-refractivity contribution in [2.24, 2.45) is 0 Å². The number of alkyl halides is 6. The number of halogens is 6. The van der Waals surface area contributed by atoms with Gasteiger partial charge >= 0.3 is 12.4 Å². The van der Waals surface area contributed by atoms with Crippen LogP contribution in [-0.4, -0.2) is 23.2 Å². The van der Waals surface area contributed by atoms with Gasteiger partial charge in [-0.2, -0.15) is 26.3 Å². The monoisotopic (exact) mass is 476 g/mol. The molecule has 0 aliphatic carbocycles. The van der Waals surface area contributed by atoms with E-state index in [0.29, 0.717) is 17.9 Å². The molecule has 0 unspecified atom stereocenters. The minimum absolute atomic E-state index is 0.0520. The molecule has 1 aromatic heterocycles. The summed E-state index contributed by atoms with van der Waals surface area (Å²) in [5.41, 5.74) is -3.00. The van der Waals surface area contributed by atoms with Gasteiger partial charge in [0.1, 0.15) is 5.82 Å². The zero-order valence-corrected chi connectivity index (χ0v) is 16.8. The minimum Gasteiger partial charge on any atom is -0.311 e. The van der Waals surface area contributed by atoms with Crippen LogP contribution in [0.15, 0.2) is 47.4 Å². The molecule has 2 heterocycles. The third kappa shape index (κ3) is 4.29. The highest BCUT2D eigenvalue weighted by atomic mass is 32.2. The Balaban J connectivity index is 1.71. The van der Waals surface area contributed by atoms with Crippen molar-refractivity contribution in [1.82, 2.24) is 14.8 Å². The topological polar surface area (TPSA) is 76.9 Å². The molecule has 0 saturated carbocycles. The first-order valence-corrected chi connectivity index (χ1v) is 10.7. The number of nitrogens with zero attached hydrogens (tertiary/aromatic N) is 3. The van der Waals surface area contributed by atoms with Gasteiger partial charge in [0.25, 0.3) is 10.0 Å². The van der Waals surface area contributed by atoms with Crippen molar-refractivity contribution in [1.29, 1.82) is 0 Å². The molecule has 13 heteroatoms. The van der Waals surface area contributed by atoms with Crippen LogP contribution in [0.3, 0.4) is 0 Å². The second-order valence-corrected chi connectivity index (χ2v) is 8.81. The molecule has 0 radical (unpaired) electrons. The van der Waals surface area contributed by atoms with Gasteiger partial charge in [0, 0.05) is 24.2 Å². The average molecular weight is 476 g/mol. The number of hydrogen-bond donors (Lipinski definition) is 1. The minimum atomic E-state index is -5.17. The highest BCUT2D eigenvalue weighted by molar-refractivity contribution is 7.92. The SMILES string of the molecule is O=S(=O)(Nc1cccc(-c2nnc3n2CCC3)c1)c1cc(C(F)(F)F)cc(C(F)(F)F)c1. The second-order valence-electron chi connectivity index (χ2n) is 7.12. The summed E-state index contributed by atoms with van der Waals surface area (Å²) < 4.78 is 108. The lowest BCUT2D eigenvalue weighted by atomic mass is 10.1. The van der Waals surface area contributed by atoms with E-state index >= 15 is 0 Å². The molecule has 4 rings (SSSR count). The van der Waals surface area contributed by atoms with Crippen molar-refractivity contribution in [3.05, 3.63) is 59.4 Å². The molecule has 32 heavy (non-hydrogen) atoms. The van der Waals surface area contributed by atoms with Crippen molar-refractivity contribution in [2.45, 2.75) is 36.6 Å². The Morgan fingerprint density at radius 3 is 2.19 bits per heavy atom. The summed E-state index contributed by atoms with van der Waals surface area (Å²) >= 11 is 0. The van der Waals surface area contributed by atoms with Crippen LogP contribution in [0.25, 0.3) is 11.4 Å². The maximum absolute atomic E-state index is 13.1. The Morgan fingerprint density at radius 2 is 1.56 bits per heavy atom. The molecule has 0 amide bonds. The highest BCUT2D eigenvalue weighted by Gasteiger charge is 2.38. The molecule has 0 bridgehead atoms. The molecular weight excluding hydrogens is 462 g/mol. The smallest absolute Gasteiger partial charge is 0.311 e. The largest absolute Gasteiger partial charge is 0.416 e. The normalized spacial score (nSPS) is 14.4. The van der Waals surface area contributed by atoms with Crippen molar-refractivity contribution >= 4 is 15.7 Å². The van der Waals surface area contributed by atoms with Gasteiger partial charge < -0.3 is 4.57 Å². The molecule has 2 aromatic carbocycles. The zero-order chi connectivity index (χ0) is 23.3. The van der Waals surface area contributed by atoms with Crippen LogP contribution >= 0.6 is 0 Å². The summed E-state index contributed by atoms with van der Waals surface area (Å²) in [4.78, 5) is -1.16. The lowest BCUT2D eigenvalue weighted by Gasteiger charge is -2.15. The van der Waals surface area contributed by atoms with Gasteiger partial charge in [-0.3, -0.25) is 4.72 Å². The number of fused-ring (bicyclic) bond motifs is 1. The van der Waals surface area contributed by atoms with E-state index in [9.17, 15) is 34.8 Å². The summed E-state index contributed by atoms with van der Waals surface area (Å²) in [5.74, 6) is 1.26. The predicted octanol–water partition coefficient (Wildman–Crippen LogP) is 4.73. The van der Waals surface area contributed by atoms with Crippen molar-refractivity contribution in [3.63, 3.8) is 0 Å². The zero-order valence-electron chi connectivity index (χ0n) is 16.0. The molecule has 0 saturated heterocycles. The van der Waals surface area contributed by atoms with Crippen LogP contribution < -0.4 is 4.72 Å². The van der Waals surface area contributed by atoms with Crippen LogP contribution in [0.5, 0.6) is 0 Å². The molecule has 1 aliphatic heterocycles. The van der Waals surface area contributed by atoms with E-state index < -0.39 is 38.4 Å². The van der Waals surface area contributed by atoms with Gasteiger partial charge in [-0.25, -0.2) is 8.42 Å². The third-order valence-electron chi connectivity index (χ3n) is 4.85. The van der Waals surface area contributed by atoms with E-state index in [1.165, 1.54) is 18.2 Å². The Kier molecular flexibility index (Phi) is 5.18. The number of rotatable bonds is 4. The lowest BCUT2D eigenvalue weighted by Crippen LogP contribution is -2.17. The first-order valence-electron chi connectivity index (χ1n) is 9.19. The van der Waals surface area contributed by atoms with Crippen molar-refractivity contribution in [3.8, 4) is 11.4 Å². The molecule has 0 fully saturated rings. The van der Waals surface area contributed by atoms with Gasteiger partial charge in [-0.15, -0.1) is 10.2 Å². The first-order chi connectivity index (χ1) is 14.8. The average Bonchev–Trinajstić information content (AvgIpc) is 3.30. The summed E-state index contributed by atoms with van der Waals surface area (Å²) in [7, 11) is -4.77. The summed E-state index contributed by atoms with van der Waals surface area (Å²) in [6, 6.07) is 6.01. The van der Waals surface area contributed by atoms with E-state index in [1.807, 2.05) is 9.29 Å². The maximum atomic E-state index is 13.1. The molecule has 0 atom stereocenters. The summed E-state index contributed by atoms with van der Waals surface area (Å²) in [5, 5.41) is 8.12. The fourth-order valence-electron chi connectivity index (χ4n) is 3.38. The van der Waals surface area contributed by atoms with Gasteiger partial charge in [0.15, 0.2) is 5.82 Å². The number of aryl methyl sites for hydroxylation is 1. The number of aromatic nitrogens is 3. The van der Waals surface area contributed by atoms with E-state index in [0.717, 1.165) is 18.7 Å². The third-order valence-corrected chi connectivity index (χ3v) is 6.21. The quantitative estimate of drug-likeness (QED) is 0.553. The van der Waals surface area contributed by atoms with Gasteiger partial charge in [0.2, 0.25) is 0 Å². The number of sulfonamides is 1. The molecule has 6 nitrogen and oxygen atoms in total. The molecule has 170 valence electrons. The van der Waals surface area contributed by atoms with Crippen LogP contribution in [0.1, 0.15) is 23.4 Å². The number of nitrogens with one attached hydrogen (secondary N) is 1. The first kappa shape index (κ1) is 22.1. The van der Waals surface area contributed by atoms with E-state index in [-0.39, 0.29) is 23.9 Å². The standard InChI is InChI=1S/C19H14F6N4O2S/c20-18(21,22)12-8-13(19(23,24)25)10-15(9-12)32(30,31)28-14-4-1-3-11(7-14)17-27-26-16-5-2-6-29(16)17/h1,3-4,7-10,28H,2,5-6H2. The van der Waals surface area contributed by atoms with Crippen LogP contribution in [-0.2, 0) is 35.3 Å². The van der Waals surface area contributed by atoms with E-state index in [1.54, 1.807) is 6.07 Å². The molecule has 0 spiro atoms. The Labute approximate surface area is 177 Å². The number of hydrogen-bond acceptors (Lipinski definition) is 4. The number of benzene rings is 2. The van der Waals surface area contributed by atoms with Gasteiger partial charge in [0.05, 0.1) is 16.0 Å². The Morgan fingerprint density at radius 1 is 0.906 bits per heavy atom. The van der Waals surface area contributed by atoms with Crippen molar-refractivity contribution < 1.29 is 34.8 Å². The Hall–Kier alpha value is -3.09. The molecular formula is C19H14F6N4O2S. The predicted molar refractivity (Wildman–Crippen MR) is 101 cm³/mol. The van der Waals surface area contributed by atoms with Crippen LogP contribution in [0, 0.1) is 0 Å². The van der Waals surface area contributed by atoms with Crippen LogP contribution in [0.2, 0.25) is 0 Å². The highest BCUT2D eigenvalue weighted by Crippen LogP contribution is 2.37. The molecule has 3 aromatic rings. The molecule has 1 aliphatic rings. The number of anilines is 1. The van der Waals surface area contributed by atoms with Crippen molar-refractivity contribution in [2.75, 3.05) is 4.72 Å². The second kappa shape index (κ2) is 7.50. The summed E-state index contributed by atoms with van der Waals surface area (Å²) in [6.45, 7) is 0.679. The Bertz CT molecular complexity index is 1250. The lowest BCUT2D eigenvalue weighted by molar-refractivity contribution is -0.143. The fraction of sp³-hybridized carbons (Fsp3) is 0.263. The van der Waals surface area contributed by atoms with Gasteiger partial charge in [-0.05, 0) is 36.8 Å². The molecule has 1 N–H and O–H groups in total. The summed E-state index contributed by atoms with van der Waals surface area (Å²) in [6.07, 6.45) is -8.71. The van der Waals surface area contributed by atoms with E-state index in [4.69, 9.17) is 0 Å². The maximum Gasteiger partial charge on any atom is 0.416 e. The van der Waals surface area contributed by atoms with Gasteiger partial charge in [-0.1, -0.05) is 12.1 Å².